The summed E-state index contributed by atoms with van der Waals surface area (Å²) in [6.45, 7) is 7.44. The Labute approximate surface area is 124 Å². The minimum Gasteiger partial charge on any atom is -0.348 e. The summed E-state index contributed by atoms with van der Waals surface area (Å²) in [5.41, 5.74) is 0. The van der Waals surface area contributed by atoms with E-state index in [-0.39, 0.29) is 16.6 Å². The van der Waals surface area contributed by atoms with Gasteiger partial charge in [-0.2, -0.15) is 0 Å². The Bertz CT molecular complexity index is 326. The van der Waals surface area contributed by atoms with Crippen molar-refractivity contribution in [3.63, 3.8) is 0 Å². The van der Waals surface area contributed by atoms with E-state index in [1.54, 1.807) is 19.0 Å². The zero-order valence-electron chi connectivity index (χ0n) is 12.2. The summed E-state index contributed by atoms with van der Waals surface area (Å²) in [5, 5.41) is 0. The first-order valence-electron chi connectivity index (χ1n) is 6.68. The van der Waals surface area contributed by atoms with Gasteiger partial charge >= 0.3 is 0 Å². The van der Waals surface area contributed by atoms with E-state index >= 15 is 0 Å². The molecule has 0 bridgehead atoms. The molecule has 1 fully saturated rings. The molecular weight excluding hydrogens is 310 g/mol. The van der Waals surface area contributed by atoms with E-state index in [9.17, 15) is 9.59 Å². The summed E-state index contributed by atoms with van der Waals surface area (Å²) in [6.07, 6.45) is 0. The number of hydrogen-bond donors (Lipinski definition) is 0. The van der Waals surface area contributed by atoms with E-state index < -0.39 is 0 Å². The molecule has 1 unspecified atom stereocenters. The smallest absolute Gasteiger partial charge is 0.236 e. The van der Waals surface area contributed by atoms with Crippen LogP contribution in [0.5, 0.6) is 0 Å². The maximum Gasteiger partial charge on any atom is 0.236 e. The van der Waals surface area contributed by atoms with Crippen LogP contribution in [0.3, 0.4) is 0 Å². The average Bonchev–Trinajstić information content (AvgIpc) is 2.37. The number of carbonyl (C=O) groups is 2. The average molecular weight is 334 g/mol. The highest BCUT2D eigenvalue weighted by atomic mass is 79.9. The standard InChI is InChI=1S/C13H24BrN3O2/c1-10(2)12(14)13(19)17-7-5-16(6-8-17)9-11(18)15(3)4/h10,12H,5-9H2,1-4H3. The second-order valence-corrected chi connectivity index (χ2v) is 6.52. The van der Waals surface area contributed by atoms with Crippen molar-refractivity contribution >= 4 is 27.7 Å². The first-order chi connectivity index (χ1) is 8.82. The van der Waals surface area contributed by atoms with Gasteiger partial charge in [-0.3, -0.25) is 14.5 Å². The third-order valence-electron chi connectivity index (χ3n) is 3.36. The molecule has 1 aliphatic heterocycles. The highest BCUT2D eigenvalue weighted by Gasteiger charge is 2.28. The van der Waals surface area contributed by atoms with Gasteiger partial charge in [0.25, 0.3) is 0 Å². The van der Waals surface area contributed by atoms with Crippen molar-refractivity contribution < 1.29 is 9.59 Å². The molecule has 0 N–H and O–H groups in total. The summed E-state index contributed by atoms with van der Waals surface area (Å²) >= 11 is 3.45. The number of hydrogen-bond acceptors (Lipinski definition) is 3. The molecule has 1 saturated heterocycles. The Morgan fingerprint density at radius 2 is 1.68 bits per heavy atom. The third kappa shape index (κ3) is 4.76. The molecule has 0 aromatic heterocycles. The molecule has 110 valence electrons. The third-order valence-corrected chi connectivity index (χ3v) is 4.81. The van der Waals surface area contributed by atoms with Gasteiger partial charge in [0.05, 0.1) is 11.4 Å². The zero-order chi connectivity index (χ0) is 14.6. The highest BCUT2D eigenvalue weighted by Crippen LogP contribution is 2.16. The predicted octanol–water partition coefficient (Wildman–Crippen LogP) is 0.638. The Hall–Kier alpha value is -0.620. The van der Waals surface area contributed by atoms with Crippen molar-refractivity contribution in [2.75, 3.05) is 46.8 Å². The molecular formula is C13H24BrN3O2. The van der Waals surface area contributed by atoms with Gasteiger partial charge in [0, 0.05) is 40.3 Å². The molecule has 0 aromatic carbocycles. The second kappa shape index (κ2) is 7.24. The molecule has 1 heterocycles. The van der Waals surface area contributed by atoms with E-state index in [2.05, 4.69) is 20.8 Å². The van der Waals surface area contributed by atoms with Gasteiger partial charge in [0.2, 0.25) is 11.8 Å². The summed E-state index contributed by atoms with van der Waals surface area (Å²) in [7, 11) is 3.53. The number of alkyl halides is 1. The minimum absolute atomic E-state index is 0.109. The van der Waals surface area contributed by atoms with Gasteiger partial charge < -0.3 is 9.80 Å². The van der Waals surface area contributed by atoms with Gasteiger partial charge in [-0.05, 0) is 5.92 Å². The van der Waals surface area contributed by atoms with Crippen LogP contribution in [0.25, 0.3) is 0 Å². The SMILES string of the molecule is CC(C)C(Br)C(=O)N1CCN(CC(=O)N(C)C)CC1. The zero-order valence-corrected chi connectivity index (χ0v) is 13.8. The fraction of sp³-hybridized carbons (Fsp3) is 0.846. The Balaban J connectivity index is 2.41. The van der Waals surface area contributed by atoms with Gasteiger partial charge in [0.15, 0.2) is 0 Å². The normalized spacial score (nSPS) is 18.5. The Kier molecular flexibility index (Phi) is 6.26. The summed E-state index contributed by atoms with van der Waals surface area (Å²) in [5.74, 6) is 0.565. The van der Waals surface area contributed by atoms with Gasteiger partial charge in [0.1, 0.15) is 0 Å². The van der Waals surface area contributed by atoms with Crippen molar-refractivity contribution in [1.29, 1.82) is 0 Å². The number of carbonyl (C=O) groups excluding carboxylic acids is 2. The van der Waals surface area contributed by atoms with Crippen molar-refractivity contribution in [2.24, 2.45) is 5.92 Å². The number of likely N-dealkylation sites (N-methyl/N-ethyl adjacent to an activating group) is 1. The molecule has 0 radical (unpaired) electrons. The lowest BCUT2D eigenvalue weighted by atomic mass is 10.1. The van der Waals surface area contributed by atoms with Crippen LogP contribution in [0.4, 0.5) is 0 Å². The summed E-state index contributed by atoms with van der Waals surface area (Å²) in [4.78, 5) is 29.3. The number of amides is 2. The monoisotopic (exact) mass is 333 g/mol. The molecule has 1 aliphatic rings. The summed E-state index contributed by atoms with van der Waals surface area (Å²) in [6, 6.07) is 0. The van der Waals surface area contributed by atoms with Crippen LogP contribution in [-0.4, -0.2) is 78.2 Å². The second-order valence-electron chi connectivity index (χ2n) is 5.54. The fourth-order valence-electron chi connectivity index (χ4n) is 1.92. The van der Waals surface area contributed by atoms with Crippen molar-refractivity contribution in [1.82, 2.24) is 14.7 Å². The van der Waals surface area contributed by atoms with Crippen LogP contribution in [0.15, 0.2) is 0 Å². The van der Waals surface area contributed by atoms with E-state index in [0.717, 1.165) is 13.1 Å². The van der Waals surface area contributed by atoms with Crippen LogP contribution in [-0.2, 0) is 9.59 Å². The van der Waals surface area contributed by atoms with Crippen LogP contribution in [0.1, 0.15) is 13.8 Å². The van der Waals surface area contributed by atoms with E-state index in [0.29, 0.717) is 25.6 Å². The fourth-order valence-corrected chi connectivity index (χ4v) is 2.21. The number of rotatable bonds is 4. The highest BCUT2D eigenvalue weighted by molar-refractivity contribution is 9.10. The lowest BCUT2D eigenvalue weighted by molar-refractivity contribution is -0.134. The minimum atomic E-state index is -0.109. The lowest BCUT2D eigenvalue weighted by Crippen LogP contribution is -2.52. The van der Waals surface area contributed by atoms with Crippen LogP contribution < -0.4 is 0 Å². The molecule has 0 saturated carbocycles. The van der Waals surface area contributed by atoms with Crippen molar-refractivity contribution in [3.8, 4) is 0 Å². The molecule has 5 nitrogen and oxygen atoms in total. The molecule has 0 aromatic rings. The predicted molar refractivity (Wildman–Crippen MR) is 79.3 cm³/mol. The van der Waals surface area contributed by atoms with Crippen LogP contribution in [0.2, 0.25) is 0 Å². The number of piperazine rings is 1. The molecule has 6 heteroatoms. The van der Waals surface area contributed by atoms with Gasteiger partial charge in [-0.15, -0.1) is 0 Å². The summed E-state index contributed by atoms with van der Waals surface area (Å²) < 4.78 is 0. The lowest BCUT2D eigenvalue weighted by Gasteiger charge is -2.36. The van der Waals surface area contributed by atoms with E-state index in [1.807, 2.05) is 18.7 Å². The Morgan fingerprint density at radius 3 is 2.11 bits per heavy atom. The maximum atomic E-state index is 12.2. The molecule has 2 amide bonds. The first-order valence-corrected chi connectivity index (χ1v) is 7.60. The van der Waals surface area contributed by atoms with Crippen LogP contribution in [0, 0.1) is 5.92 Å². The number of halogens is 1. The molecule has 1 atom stereocenters. The van der Waals surface area contributed by atoms with Gasteiger partial charge in [-0.1, -0.05) is 29.8 Å². The van der Waals surface area contributed by atoms with Crippen molar-refractivity contribution in [3.05, 3.63) is 0 Å². The van der Waals surface area contributed by atoms with E-state index in [4.69, 9.17) is 0 Å². The number of nitrogens with zero attached hydrogens (tertiary/aromatic N) is 3. The van der Waals surface area contributed by atoms with Crippen molar-refractivity contribution in [2.45, 2.75) is 18.7 Å². The molecule has 19 heavy (non-hydrogen) atoms. The van der Waals surface area contributed by atoms with Crippen LogP contribution >= 0.6 is 15.9 Å². The quantitative estimate of drug-likeness (QED) is 0.709. The topological polar surface area (TPSA) is 43.9 Å². The Morgan fingerprint density at radius 1 is 1.16 bits per heavy atom. The van der Waals surface area contributed by atoms with E-state index in [1.165, 1.54) is 0 Å². The largest absolute Gasteiger partial charge is 0.348 e. The molecule has 0 spiro atoms. The maximum absolute atomic E-state index is 12.2. The molecule has 1 rings (SSSR count). The molecule has 0 aliphatic carbocycles. The first kappa shape index (κ1) is 16.4. The van der Waals surface area contributed by atoms with Gasteiger partial charge in [-0.25, -0.2) is 0 Å².